The molecule has 1 aromatic heterocycles. The highest BCUT2D eigenvalue weighted by atomic mass is 16.5. The van der Waals surface area contributed by atoms with Gasteiger partial charge in [0.15, 0.2) is 0 Å². The van der Waals surface area contributed by atoms with Crippen molar-refractivity contribution in [2.75, 3.05) is 20.8 Å². The van der Waals surface area contributed by atoms with Crippen LogP contribution in [0.4, 0.5) is 0 Å². The third-order valence-electron chi connectivity index (χ3n) is 4.25. The highest BCUT2D eigenvalue weighted by Crippen LogP contribution is 2.19. The molecule has 0 bridgehead atoms. The Kier molecular flexibility index (Phi) is 14.3. The summed E-state index contributed by atoms with van der Waals surface area (Å²) < 4.78 is 9.47. The van der Waals surface area contributed by atoms with Crippen LogP contribution in [-0.2, 0) is 9.53 Å². The number of hydrazine groups is 1. The molecule has 2 rings (SSSR count). The number of aliphatic hydroxyl groups excluding tert-OH is 1. The first-order valence-electron chi connectivity index (χ1n) is 9.97. The third kappa shape index (κ3) is 11.3. The lowest BCUT2D eigenvalue weighted by Crippen LogP contribution is -2.29. The number of rotatable bonds is 6. The molecule has 0 spiro atoms. The fraction of sp³-hybridized carbons (Fsp3) is 0.619. The molecular formula is C21H38N4O4. The molecule has 29 heavy (non-hydrogen) atoms. The Labute approximate surface area is 174 Å². The standard InChI is InChI=1S/C11H18N4O2.C6H12.C4H8O2/c1-7-10(17-3)5-4-8(14-7)11(12)9(6-16)15(2)13;1-2-4-6-5-3-1;1-4(2)6-3-5/h4-5,16H,6,12-13H2,1-3H3;1-6H2;3-4H,1-2H3/b11-9-;;. The molecule has 0 saturated heterocycles. The Hall–Kier alpha value is -2.32. The van der Waals surface area contributed by atoms with Gasteiger partial charge in [0.05, 0.1) is 42.6 Å². The average molecular weight is 411 g/mol. The Morgan fingerprint density at radius 3 is 2.03 bits per heavy atom. The van der Waals surface area contributed by atoms with Crippen molar-refractivity contribution < 1.29 is 19.4 Å². The maximum atomic E-state index is 9.39. The number of ether oxygens (including phenoxy) is 2. The summed E-state index contributed by atoms with van der Waals surface area (Å²) in [5.74, 6) is 6.25. The molecule has 166 valence electrons. The van der Waals surface area contributed by atoms with E-state index in [9.17, 15) is 9.90 Å². The van der Waals surface area contributed by atoms with Crippen LogP contribution < -0.4 is 16.3 Å². The van der Waals surface area contributed by atoms with Crippen LogP contribution in [0.15, 0.2) is 17.8 Å². The normalized spacial score (nSPS) is 13.8. The quantitative estimate of drug-likeness (QED) is 0.371. The van der Waals surface area contributed by atoms with Gasteiger partial charge in [-0.3, -0.25) is 4.79 Å². The Morgan fingerprint density at radius 2 is 1.76 bits per heavy atom. The third-order valence-corrected chi connectivity index (χ3v) is 4.25. The molecular weight excluding hydrogens is 372 g/mol. The van der Waals surface area contributed by atoms with E-state index < -0.39 is 0 Å². The molecule has 1 saturated carbocycles. The van der Waals surface area contributed by atoms with Gasteiger partial charge in [0.25, 0.3) is 6.47 Å². The van der Waals surface area contributed by atoms with Gasteiger partial charge in [-0.1, -0.05) is 38.5 Å². The fourth-order valence-electron chi connectivity index (χ4n) is 2.62. The average Bonchev–Trinajstić information content (AvgIpc) is 2.70. The van der Waals surface area contributed by atoms with Crippen molar-refractivity contribution in [1.82, 2.24) is 9.99 Å². The second kappa shape index (κ2) is 15.6. The monoisotopic (exact) mass is 410 g/mol. The van der Waals surface area contributed by atoms with Gasteiger partial charge in [-0.25, -0.2) is 10.8 Å². The van der Waals surface area contributed by atoms with Crippen LogP contribution in [0.3, 0.4) is 0 Å². The van der Waals surface area contributed by atoms with Gasteiger partial charge in [-0.2, -0.15) is 0 Å². The summed E-state index contributed by atoms with van der Waals surface area (Å²) in [5.41, 5.74) is 7.96. The molecule has 1 fully saturated rings. The van der Waals surface area contributed by atoms with E-state index in [0.717, 1.165) is 5.69 Å². The predicted molar refractivity (Wildman–Crippen MR) is 116 cm³/mol. The molecule has 0 aromatic carbocycles. The van der Waals surface area contributed by atoms with Crippen LogP contribution in [0.2, 0.25) is 0 Å². The zero-order valence-electron chi connectivity index (χ0n) is 18.5. The van der Waals surface area contributed by atoms with E-state index in [0.29, 0.717) is 29.3 Å². The first-order chi connectivity index (χ1) is 13.8. The molecule has 8 nitrogen and oxygen atoms in total. The maximum absolute atomic E-state index is 9.39. The molecule has 1 heterocycles. The zero-order chi connectivity index (χ0) is 22.2. The van der Waals surface area contributed by atoms with E-state index in [2.05, 4.69) is 9.72 Å². The van der Waals surface area contributed by atoms with Crippen LogP contribution in [0.5, 0.6) is 5.75 Å². The van der Waals surface area contributed by atoms with Crippen LogP contribution >= 0.6 is 0 Å². The molecule has 0 radical (unpaired) electrons. The van der Waals surface area contributed by atoms with E-state index in [1.807, 2.05) is 6.92 Å². The Morgan fingerprint density at radius 1 is 1.24 bits per heavy atom. The second-order valence-electron chi connectivity index (χ2n) is 7.02. The van der Waals surface area contributed by atoms with Gasteiger partial charge in [0, 0.05) is 7.05 Å². The number of hydrogen-bond donors (Lipinski definition) is 3. The lowest BCUT2D eigenvalue weighted by Gasteiger charge is -2.17. The molecule has 1 aliphatic carbocycles. The number of aromatic nitrogens is 1. The zero-order valence-corrected chi connectivity index (χ0v) is 18.5. The molecule has 0 aliphatic heterocycles. The number of carbonyl (C=O) groups excluding carboxylic acids is 1. The van der Waals surface area contributed by atoms with Gasteiger partial charge in [0.2, 0.25) is 0 Å². The number of aryl methyl sites for hydroxylation is 1. The first-order valence-corrected chi connectivity index (χ1v) is 9.97. The number of nitrogens with zero attached hydrogens (tertiary/aromatic N) is 2. The Balaban J connectivity index is 0.000000531. The number of pyridine rings is 1. The Bertz CT molecular complexity index is 603. The minimum Gasteiger partial charge on any atom is -0.495 e. The molecule has 1 aromatic rings. The number of methoxy groups -OCH3 is 1. The highest BCUT2D eigenvalue weighted by molar-refractivity contribution is 5.63. The lowest BCUT2D eigenvalue weighted by molar-refractivity contribution is -0.131. The summed E-state index contributed by atoms with van der Waals surface area (Å²) in [6, 6.07) is 3.50. The van der Waals surface area contributed by atoms with Gasteiger partial charge in [0.1, 0.15) is 5.75 Å². The number of likely N-dealkylation sites (N-methyl/N-ethyl adjacent to an activating group) is 1. The van der Waals surface area contributed by atoms with Crippen molar-refractivity contribution in [3.05, 3.63) is 29.2 Å². The minimum absolute atomic E-state index is 0.0301. The molecule has 1 aliphatic rings. The molecule has 0 atom stereocenters. The molecule has 0 amide bonds. The summed E-state index contributed by atoms with van der Waals surface area (Å²) in [6.07, 6.45) is 9.03. The van der Waals surface area contributed by atoms with Crippen LogP contribution in [-0.4, -0.2) is 48.4 Å². The van der Waals surface area contributed by atoms with Gasteiger partial charge in [-0.15, -0.1) is 0 Å². The number of nitrogens with two attached hydrogens (primary N) is 2. The lowest BCUT2D eigenvalue weighted by atomic mass is 10.0. The summed E-state index contributed by atoms with van der Waals surface area (Å²) >= 11 is 0. The molecule has 0 unspecified atom stereocenters. The fourth-order valence-corrected chi connectivity index (χ4v) is 2.62. The van der Waals surface area contributed by atoms with E-state index >= 15 is 0 Å². The van der Waals surface area contributed by atoms with Crippen molar-refractivity contribution in [2.24, 2.45) is 11.6 Å². The SMILES string of the molecule is C1CCCCC1.CC(C)OC=O.COc1ccc(/C(N)=C(\CO)N(C)N)nc1C. The van der Waals surface area contributed by atoms with Crippen molar-refractivity contribution in [2.45, 2.75) is 65.4 Å². The van der Waals surface area contributed by atoms with E-state index in [4.69, 9.17) is 16.3 Å². The number of hydrogen-bond acceptors (Lipinski definition) is 8. The van der Waals surface area contributed by atoms with Crippen LogP contribution in [0, 0.1) is 6.92 Å². The summed E-state index contributed by atoms with van der Waals surface area (Å²) in [7, 11) is 3.19. The van der Waals surface area contributed by atoms with Gasteiger partial charge >= 0.3 is 0 Å². The number of carbonyl (C=O) groups is 1. The van der Waals surface area contributed by atoms with Crippen LogP contribution in [0.25, 0.3) is 5.70 Å². The predicted octanol–water partition coefficient (Wildman–Crippen LogP) is 2.73. The van der Waals surface area contributed by atoms with E-state index in [1.165, 1.54) is 43.5 Å². The minimum atomic E-state index is -0.244. The van der Waals surface area contributed by atoms with Crippen molar-refractivity contribution in [3.63, 3.8) is 0 Å². The number of aliphatic hydroxyl groups is 1. The highest BCUT2D eigenvalue weighted by Gasteiger charge is 2.10. The largest absolute Gasteiger partial charge is 0.495 e. The van der Waals surface area contributed by atoms with Crippen molar-refractivity contribution in [3.8, 4) is 5.75 Å². The van der Waals surface area contributed by atoms with E-state index in [1.54, 1.807) is 40.1 Å². The maximum Gasteiger partial charge on any atom is 0.293 e. The van der Waals surface area contributed by atoms with Gasteiger partial charge < -0.3 is 25.3 Å². The molecule has 5 N–H and O–H groups in total. The van der Waals surface area contributed by atoms with Crippen molar-refractivity contribution >= 4 is 12.2 Å². The summed E-state index contributed by atoms with van der Waals surface area (Å²) in [4.78, 5) is 13.7. The van der Waals surface area contributed by atoms with Crippen LogP contribution in [0.1, 0.15) is 63.8 Å². The van der Waals surface area contributed by atoms with E-state index in [-0.39, 0.29) is 12.7 Å². The second-order valence-corrected chi connectivity index (χ2v) is 7.02. The summed E-state index contributed by atoms with van der Waals surface area (Å²) in [6.45, 7) is 5.62. The molecule has 8 heteroatoms. The topological polar surface area (TPSA) is 124 Å². The van der Waals surface area contributed by atoms with Crippen molar-refractivity contribution in [1.29, 1.82) is 0 Å². The summed E-state index contributed by atoms with van der Waals surface area (Å²) in [5, 5.41) is 10.5. The van der Waals surface area contributed by atoms with Gasteiger partial charge in [-0.05, 0) is 32.9 Å². The first kappa shape index (κ1) is 26.7. The smallest absolute Gasteiger partial charge is 0.293 e.